The van der Waals surface area contributed by atoms with Crippen LogP contribution in [0.25, 0.3) is 11.1 Å². The fourth-order valence-corrected chi connectivity index (χ4v) is 2.51. The Morgan fingerprint density at radius 3 is 2.24 bits per heavy atom. The van der Waals surface area contributed by atoms with E-state index >= 15 is 0 Å². The monoisotopic (exact) mass is 341 g/mol. The number of benzene rings is 2. The number of aliphatic hydroxyl groups is 1. The maximum Gasteiger partial charge on any atom is 0.336 e. The molecule has 2 aromatic carbocycles. The van der Waals surface area contributed by atoms with E-state index in [2.05, 4.69) is 5.32 Å². The van der Waals surface area contributed by atoms with E-state index in [0.717, 1.165) is 5.56 Å². The molecular formula is C20H23NO4. The molecule has 0 radical (unpaired) electrons. The predicted octanol–water partition coefficient (Wildman–Crippen LogP) is 3.19. The molecule has 2 rings (SSSR count). The quantitative estimate of drug-likeness (QED) is 0.779. The van der Waals surface area contributed by atoms with Crippen molar-refractivity contribution in [1.82, 2.24) is 5.32 Å². The van der Waals surface area contributed by atoms with Gasteiger partial charge in [-0.2, -0.15) is 0 Å². The van der Waals surface area contributed by atoms with Crippen molar-refractivity contribution >= 4 is 11.9 Å². The van der Waals surface area contributed by atoms with Gasteiger partial charge in [0, 0.05) is 5.56 Å². The molecule has 0 bridgehead atoms. The summed E-state index contributed by atoms with van der Waals surface area (Å²) in [5.41, 5.74) is 1.33. The Morgan fingerprint density at radius 2 is 1.72 bits per heavy atom. The highest BCUT2D eigenvalue weighted by Crippen LogP contribution is 2.25. The molecule has 25 heavy (non-hydrogen) atoms. The zero-order chi connectivity index (χ0) is 18.6. The van der Waals surface area contributed by atoms with Crippen LogP contribution in [0.3, 0.4) is 0 Å². The SMILES string of the molecule is CC(C)(C)[C@@H](CO)NC(=O)c1ccc(-c2ccccc2)c(C(=O)O)c1. The van der Waals surface area contributed by atoms with E-state index in [1.54, 1.807) is 12.1 Å². The van der Waals surface area contributed by atoms with E-state index < -0.39 is 17.9 Å². The molecule has 1 amide bonds. The van der Waals surface area contributed by atoms with E-state index in [-0.39, 0.29) is 23.1 Å². The van der Waals surface area contributed by atoms with E-state index in [9.17, 15) is 19.8 Å². The molecule has 0 saturated heterocycles. The first kappa shape index (κ1) is 18.7. The summed E-state index contributed by atoms with van der Waals surface area (Å²) < 4.78 is 0. The van der Waals surface area contributed by atoms with Crippen LogP contribution in [0.5, 0.6) is 0 Å². The van der Waals surface area contributed by atoms with Crippen molar-refractivity contribution in [1.29, 1.82) is 0 Å². The number of rotatable bonds is 5. The van der Waals surface area contributed by atoms with Gasteiger partial charge in [-0.1, -0.05) is 57.2 Å². The second-order valence-corrected chi connectivity index (χ2v) is 7.01. The Morgan fingerprint density at radius 1 is 1.08 bits per heavy atom. The zero-order valence-electron chi connectivity index (χ0n) is 14.6. The van der Waals surface area contributed by atoms with Gasteiger partial charge >= 0.3 is 5.97 Å². The Labute approximate surface area is 147 Å². The lowest BCUT2D eigenvalue weighted by Gasteiger charge is -2.29. The Hall–Kier alpha value is -2.66. The van der Waals surface area contributed by atoms with Crippen LogP contribution < -0.4 is 5.32 Å². The summed E-state index contributed by atoms with van der Waals surface area (Å²) in [6.07, 6.45) is 0. The topological polar surface area (TPSA) is 86.6 Å². The Balaban J connectivity index is 2.36. The number of hydrogen-bond donors (Lipinski definition) is 3. The highest BCUT2D eigenvalue weighted by Gasteiger charge is 2.26. The van der Waals surface area contributed by atoms with E-state index in [0.29, 0.717) is 5.56 Å². The molecule has 2 aromatic rings. The van der Waals surface area contributed by atoms with Gasteiger partial charge in [-0.3, -0.25) is 4.79 Å². The minimum Gasteiger partial charge on any atom is -0.478 e. The fourth-order valence-electron chi connectivity index (χ4n) is 2.51. The number of carboxylic acids is 1. The van der Waals surface area contributed by atoms with Crippen LogP contribution in [0.1, 0.15) is 41.5 Å². The van der Waals surface area contributed by atoms with Crippen molar-refractivity contribution in [3.8, 4) is 11.1 Å². The van der Waals surface area contributed by atoms with E-state index in [4.69, 9.17) is 0 Å². The predicted molar refractivity (Wildman–Crippen MR) is 96.6 cm³/mol. The van der Waals surface area contributed by atoms with Crippen LogP contribution in [0, 0.1) is 5.41 Å². The van der Waals surface area contributed by atoms with Gasteiger partial charge in [0.2, 0.25) is 0 Å². The number of nitrogens with one attached hydrogen (secondary N) is 1. The van der Waals surface area contributed by atoms with Crippen molar-refractivity contribution in [3.63, 3.8) is 0 Å². The van der Waals surface area contributed by atoms with Crippen molar-refractivity contribution < 1.29 is 19.8 Å². The van der Waals surface area contributed by atoms with Crippen LogP contribution in [0.4, 0.5) is 0 Å². The smallest absolute Gasteiger partial charge is 0.336 e. The molecule has 0 aromatic heterocycles. The van der Waals surface area contributed by atoms with Crippen LogP contribution in [0.15, 0.2) is 48.5 Å². The van der Waals surface area contributed by atoms with Gasteiger partial charge in [0.15, 0.2) is 0 Å². The summed E-state index contributed by atoms with van der Waals surface area (Å²) >= 11 is 0. The van der Waals surface area contributed by atoms with Crippen LogP contribution in [-0.2, 0) is 0 Å². The first-order valence-electron chi connectivity index (χ1n) is 8.08. The highest BCUT2D eigenvalue weighted by atomic mass is 16.4. The summed E-state index contributed by atoms with van der Waals surface area (Å²) in [6.45, 7) is 5.54. The molecule has 132 valence electrons. The summed E-state index contributed by atoms with van der Waals surface area (Å²) in [5, 5.41) is 21.8. The van der Waals surface area contributed by atoms with Gasteiger partial charge in [-0.05, 0) is 28.7 Å². The fraction of sp³-hybridized carbons (Fsp3) is 0.300. The van der Waals surface area contributed by atoms with Gasteiger partial charge in [0.1, 0.15) is 0 Å². The number of carboxylic acid groups (broad SMARTS) is 1. The first-order chi connectivity index (χ1) is 11.7. The third-order valence-electron chi connectivity index (χ3n) is 4.13. The number of aliphatic hydroxyl groups excluding tert-OH is 1. The molecule has 0 aliphatic carbocycles. The lowest BCUT2D eigenvalue weighted by atomic mass is 9.87. The summed E-state index contributed by atoms with van der Waals surface area (Å²) in [6, 6.07) is 13.3. The van der Waals surface area contributed by atoms with Crippen LogP contribution in [-0.4, -0.2) is 34.7 Å². The third kappa shape index (κ3) is 4.45. The average molecular weight is 341 g/mol. The molecule has 0 fully saturated rings. The number of amides is 1. The van der Waals surface area contributed by atoms with Crippen LogP contribution >= 0.6 is 0 Å². The standard InChI is InChI=1S/C20H23NO4/c1-20(2,3)17(12-22)21-18(23)14-9-10-15(16(11-14)19(24)25)13-7-5-4-6-8-13/h4-11,17,22H,12H2,1-3H3,(H,21,23)(H,24,25)/t17-/m1/s1. The molecule has 5 nitrogen and oxygen atoms in total. The van der Waals surface area contributed by atoms with Crippen molar-refractivity contribution in [2.75, 3.05) is 6.61 Å². The van der Waals surface area contributed by atoms with Gasteiger partial charge in [-0.25, -0.2) is 4.79 Å². The molecular weight excluding hydrogens is 318 g/mol. The maximum absolute atomic E-state index is 12.5. The van der Waals surface area contributed by atoms with Gasteiger partial charge in [0.05, 0.1) is 18.2 Å². The van der Waals surface area contributed by atoms with Gasteiger partial charge in [-0.15, -0.1) is 0 Å². The van der Waals surface area contributed by atoms with Gasteiger partial charge < -0.3 is 15.5 Å². The molecule has 0 heterocycles. The minimum absolute atomic E-state index is 0.0650. The first-order valence-corrected chi connectivity index (χ1v) is 8.08. The lowest BCUT2D eigenvalue weighted by molar-refractivity contribution is 0.0697. The Bertz CT molecular complexity index is 763. The second kappa shape index (κ2) is 7.49. The van der Waals surface area contributed by atoms with Crippen LogP contribution in [0.2, 0.25) is 0 Å². The van der Waals surface area contributed by atoms with Crippen molar-refractivity contribution in [3.05, 3.63) is 59.7 Å². The molecule has 0 saturated carbocycles. The van der Waals surface area contributed by atoms with Gasteiger partial charge in [0.25, 0.3) is 5.91 Å². The highest BCUT2D eigenvalue weighted by molar-refractivity contribution is 6.01. The van der Waals surface area contributed by atoms with Crippen molar-refractivity contribution in [2.45, 2.75) is 26.8 Å². The average Bonchev–Trinajstić information content (AvgIpc) is 2.58. The van der Waals surface area contributed by atoms with E-state index in [1.165, 1.54) is 6.07 Å². The molecule has 0 unspecified atom stereocenters. The molecule has 0 aliphatic heterocycles. The molecule has 0 aliphatic rings. The molecule has 0 spiro atoms. The zero-order valence-corrected chi connectivity index (χ0v) is 14.6. The minimum atomic E-state index is -1.09. The second-order valence-electron chi connectivity index (χ2n) is 7.01. The molecule has 5 heteroatoms. The number of hydrogen-bond acceptors (Lipinski definition) is 3. The Kier molecular flexibility index (Phi) is 5.59. The number of carbonyl (C=O) groups is 2. The number of aromatic carboxylic acids is 1. The molecule has 1 atom stereocenters. The normalized spacial score (nSPS) is 12.5. The number of carbonyl (C=O) groups excluding carboxylic acids is 1. The third-order valence-corrected chi connectivity index (χ3v) is 4.13. The summed E-state index contributed by atoms with van der Waals surface area (Å²) in [4.78, 5) is 24.1. The largest absolute Gasteiger partial charge is 0.478 e. The van der Waals surface area contributed by atoms with Crippen molar-refractivity contribution in [2.24, 2.45) is 5.41 Å². The summed E-state index contributed by atoms with van der Waals surface area (Å²) in [5.74, 6) is -1.50. The lowest BCUT2D eigenvalue weighted by Crippen LogP contribution is -2.46. The molecule has 3 N–H and O–H groups in total. The summed E-state index contributed by atoms with van der Waals surface area (Å²) in [7, 11) is 0. The van der Waals surface area contributed by atoms with E-state index in [1.807, 2.05) is 51.1 Å². The maximum atomic E-state index is 12.5.